The largest absolute Gasteiger partial charge is 0.352 e. The molecule has 3 rings (SSSR count). The molecule has 0 saturated heterocycles. The molecular weight excluding hydrogens is 476 g/mol. The van der Waals surface area contributed by atoms with Gasteiger partial charge < -0.3 is 10.6 Å². The summed E-state index contributed by atoms with van der Waals surface area (Å²) in [6, 6.07) is 14.8. The first-order valence-electron chi connectivity index (χ1n) is 10.6. The molecule has 0 bridgehead atoms. The van der Waals surface area contributed by atoms with Gasteiger partial charge in [0.15, 0.2) is 5.69 Å². The third-order valence-corrected chi connectivity index (χ3v) is 6.68. The lowest BCUT2D eigenvalue weighted by Crippen LogP contribution is -2.31. The summed E-state index contributed by atoms with van der Waals surface area (Å²) in [7, 11) is -3.89. The molecule has 8 nitrogen and oxygen atoms in total. The number of amides is 2. The van der Waals surface area contributed by atoms with E-state index in [2.05, 4.69) is 20.6 Å². The maximum absolute atomic E-state index is 12.7. The average Bonchev–Trinajstić information content (AvgIpc) is 2.80. The zero-order valence-corrected chi connectivity index (χ0v) is 20.4. The molecule has 0 atom stereocenters. The predicted molar refractivity (Wildman–Crippen MR) is 129 cm³/mol. The van der Waals surface area contributed by atoms with Crippen LogP contribution in [0.5, 0.6) is 0 Å². The number of nitrogens with one attached hydrogen (secondary N) is 2. The highest BCUT2D eigenvalue weighted by Crippen LogP contribution is 2.18. The van der Waals surface area contributed by atoms with Gasteiger partial charge in [-0.15, -0.1) is 0 Å². The van der Waals surface area contributed by atoms with Gasteiger partial charge in [-0.25, -0.2) is 18.4 Å². The Hall–Kier alpha value is -3.30. The first-order chi connectivity index (χ1) is 16.1. The minimum absolute atomic E-state index is 0.0321. The summed E-state index contributed by atoms with van der Waals surface area (Å²) in [5.41, 5.74) is 3.42. The van der Waals surface area contributed by atoms with Gasteiger partial charge in [0, 0.05) is 19.5 Å². The van der Waals surface area contributed by atoms with E-state index in [9.17, 15) is 18.0 Å². The first-order valence-corrected chi connectivity index (χ1v) is 12.6. The number of benzene rings is 2. The van der Waals surface area contributed by atoms with Gasteiger partial charge in [0.25, 0.3) is 5.91 Å². The Bertz CT molecular complexity index is 1280. The van der Waals surface area contributed by atoms with E-state index in [1.807, 2.05) is 50.2 Å². The fraction of sp³-hybridized carbons (Fsp3) is 0.250. The van der Waals surface area contributed by atoms with Crippen molar-refractivity contribution >= 4 is 33.3 Å². The van der Waals surface area contributed by atoms with Crippen LogP contribution in [0.1, 0.15) is 39.2 Å². The van der Waals surface area contributed by atoms with Crippen LogP contribution in [0.25, 0.3) is 0 Å². The zero-order chi connectivity index (χ0) is 24.7. The van der Waals surface area contributed by atoms with Crippen molar-refractivity contribution in [2.75, 3.05) is 6.54 Å². The lowest BCUT2D eigenvalue weighted by molar-refractivity contribution is -0.121. The number of carbonyl (C=O) groups is 2. The molecule has 0 saturated carbocycles. The van der Waals surface area contributed by atoms with Crippen molar-refractivity contribution in [1.29, 1.82) is 0 Å². The van der Waals surface area contributed by atoms with Gasteiger partial charge in [-0.05, 0) is 25.0 Å². The van der Waals surface area contributed by atoms with Gasteiger partial charge in [0.2, 0.25) is 20.9 Å². The third-order valence-electron chi connectivity index (χ3n) is 4.94. The van der Waals surface area contributed by atoms with Crippen LogP contribution < -0.4 is 10.6 Å². The molecule has 0 unspecified atom stereocenters. The molecule has 0 fully saturated rings. The van der Waals surface area contributed by atoms with Gasteiger partial charge >= 0.3 is 0 Å². The fourth-order valence-corrected chi connectivity index (χ4v) is 4.38. The summed E-state index contributed by atoms with van der Waals surface area (Å²) < 4.78 is 25.5. The zero-order valence-electron chi connectivity index (χ0n) is 18.8. The van der Waals surface area contributed by atoms with E-state index in [4.69, 9.17) is 11.6 Å². The van der Waals surface area contributed by atoms with Gasteiger partial charge in [0.1, 0.15) is 0 Å². The van der Waals surface area contributed by atoms with Crippen molar-refractivity contribution in [1.82, 2.24) is 20.6 Å². The van der Waals surface area contributed by atoms with Gasteiger partial charge in [-0.3, -0.25) is 9.59 Å². The van der Waals surface area contributed by atoms with Crippen LogP contribution in [-0.4, -0.2) is 36.7 Å². The van der Waals surface area contributed by atoms with Gasteiger partial charge in [0.05, 0.1) is 17.0 Å². The SMILES string of the molecule is Cc1ccc(CNC(=O)CCNC(=O)c2nc(S(=O)(=O)Cc3ccc(C)cc3)ncc2Cl)cc1. The van der Waals surface area contributed by atoms with Gasteiger partial charge in [-0.1, -0.05) is 71.3 Å². The van der Waals surface area contributed by atoms with E-state index >= 15 is 0 Å². The smallest absolute Gasteiger partial charge is 0.271 e. The number of nitrogens with zero attached hydrogens (tertiary/aromatic N) is 2. The molecule has 3 aromatic rings. The number of hydrogen-bond donors (Lipinski definition) is 2. The monoisotopic (exact) mass is 500 g/mol. The van der Waals surface area contributed by atoms with Crippen molar-refractivity contribution in [2.24, 2.45) is 0 Å². The van der Waals surface area contributed by atoms with Crippen LogP contribution in [-0.2, 0) is 26.9 Å². The van der Waals surface area contributed by atoms with Crippen LogP contribution >= 0.6 is 11.6 Å². The van der Waals surface area contributed by atoms with Crippen LogP contribution in [0.15, 0.2) is 59.9 Å². The highest BCUT2D eigenvalue weighted by molar-refractivity contribution is 7.90. The Morgan fingerprint density at radius 2 is 1.50 bits per heavy atom. The van der Waals surface area contributed by atoms with E-state index in [0.717, 1.165) is 22.9 Å². The average molecular weight is 501 g/mol. The summed E-state index contributed by atoms with van der Waals surface area (Å²) in [6.45, 7) is 4.30. The van der Waals surface area contributed by atoms with E-state index in [0.29, 0.717) is 12.1 Å². The summed E-state index contributed by atoms with van der Waals surface area (Å²) in [5, 5.41) is 4.74. The molecule has 178 valence electrons. The van der Waals surface area contributed by atoms with E-state index < -0.39 is 20.9 Å². The molecule has 0 aliphatic rings. The third kappa shape index (κ3) is 7.10. The Balaban J connectivity index is 1.57. The maximum atomic E-state index is 12.7. The minimum Gasteiger partial charge on any atom is -0.352 e. The number of hydrogen-bond acceptors (Lipinski definition) is 6. The number of rotatable bonds is 9. The molecule has 34 heavy (non-hydrogen) atoms. The second-order valence-electron chi connectivity index (χ2n) is 7.86. The number of halogens is 1. The standard InChI is InChI=1S/C24H25ClN4O4S/c1-16-3-7-18(8-4-16)13-27-21(30)11-12-26-23(31)22-20(25)14-28-24(29-22)34(32,33)15-19-9-5-17(2)6-10-19/h3-10,14H,11-13,15H2,1-2H3,(H,26,31)(H,27,30). The molecule has 10 heteroatoms. The summed E-state index contributed by atoms with van der Waals surface area (Å²) in [5.74, 6) is -1.24. The number of carbonyl (C=O) groups excluding carboxylic acids is 2. The molecule has 2 N–H and O–H groups in total. The minimum atomic E-state index is -3.89. The molecule has 0 aliphatic heterocycles. The Morgan fingerprint density at radius 1 is 0.912 bits per heavy atom. The normalized spacial score (nSPS) is 11.1. The predicted octanol–water partition coefficient (Wildman–Crippen LogP) is 3.16. The van der Waals surface area contributed by atoms with Gasteiger partial charge in [-0.2, -0.15) is 0 Å². The van der Waals surface area contributed by atoms with Crippen LogP contribution in [0.2, 0.25) is 5.02 Å². The van der Waals surface area contributed by atoms with Crippen molar-refractivity contribution in [3.05, 3.63) is 87.7 Å². The first kappa shape index (κ1) is 25.3. The molecule has 1 aromatic heterocycles. The fourth-order valence-electron chi connectivity index (χ4n) is 3.00. The molecule has 0 aliphatic carbocycles. The highest BCUT2D eigenvalue weighted by atomic mass is 35.5. The lowest BCUT2D eigenvalue weighted by atomic mass is 10.1. The second-order valence-corrected chi connectivity index (χ2v) is 10.2. The van der Waals surface area contributed by atoms with Crippen molar-refractivity contribution in [3.63, 3.8) is 0 Å². The van der Waals surface area contributed by atoms with Crippen molar-refractivity contribution < 1.29 is 18.0 Å². The van der Waals surface area contributed by atoms with E-state index in [1.165, 1.54) is 0 Å². The van der Waals surface area contributed by atoms with E-state index in [-0.39, 0.29) is 35.3 Å². The topological polar surface area (TPSA) is 118 Å². The molecular formula is C24H25ClN4O4S. The van der Waals surface area contributed by atoms with Crippen molar-refractivity contribution in [2.45, 2.75) is 37.7 Å². The quantitative estimate of drug-likeness (QED) is 0.436. The Kier molecular flexibility index (Phi) is 8.36. The molecule has 2 aromatic carbocycles. The van der Waals surface area contributed by atoms with Crippen molar-refractivity contribution in [3.8, 4) is 0 Å². The molecule has 0 radical (unpaired) electrons. The summed E-state index contributed by atoms with van der Waals surface area (Å²) >= 11 is 6.03. The number of aromatic nitrogens is 2. The highest BCUT2D eigenvalue weighted by Gasteiger charge is 2.23. The summed E-state index contributed by atoms with van der Waals surface area (Å²) in [6.07, 6.45) is 1.12. The lowest BCUT2D eigenvalue weighted by Gasteiger charge is -2.09. The van der Waals surface area contributed by atoms with E-state index in [1.54, 1.807) is 12.1 Å². The molecule has 2 amide bonds. The second kappa shape index (κ2) is 11.2. The van der Waals surface area contributed by atoms with Crippen LogP contribution in [0.3, 0.4) is 0 Å². The molecule has 1 heterocycles. The number of aryl methyl sites for hydroxylation is 2. The van der Waals surface area contributed by atoms with Crippen LogP contribution in [0, 0.1) is 13.8 Å². The van der Waals surface area contributed by atoms with Crippen LogP contribution in [0.4, 0.5) is 0 Å². The number of sulfone groups is 1. The Morgan fingerprint density at radius 3 is 2.12 bits per heavy atom. The Labute approximate surface area is 203 Å². The maximum Gasteiger partial charge on any atom is 0.271 e. The molecule has 0 spiro atoms. The summed E-state index contributed by atoms with van der Waals surface area (Å²) in [4.78, 5) is 32.3.